The number of alkyl halides is 3. The van der Waals surface area contributed by atoms with Crippen LogP contribution in [0.15, 0.2) is 42.6 Å². The van der Waals surface area contributed by atoms with Crippen molar-refractivity contribution in [3.8, 4) is 11.3 Å². The van der Waals surface area contributed by atoms with Gasteiger partial charge in [0.05, 0.1) is 11.3 Å². The Morgan fingerprint density at radius 2 is 1.82 bits per heavy atom. The molecule has 2 nitrogen and oxygen atoms in total. The van der Waals surface area contributed by atoms with E-state index in [0.29, 0.717) is 11.3 Å². The van der Waals surface area contributed by atoms with Crippen molar-refractivity contribution < 1.29 is 13.2 Å². The van der Waals surface area contributed by atoms with Gasteiger partial charge in [-0.3, -0.25) is 4.98 Å². The summed E-state index contributed by atoms with van der Waals surface area (Å²) in [6.07, 6.45) is -2.92. The van der Waals surface area contributed by atoms with Crippen LogP contribution in [-0.2, 0) is 6.18 Å². The van der Waals surface area contributed by atoms with Crippen molar-refractivity contribution in [3.63, 3.8) is 0 Å². The lowest BCUT2D eigenvalue weighted by Gasteiger charge is -2.11. The van der Waals surface area contributed by atoms with E-state index >= 15 is 0 Å². The standard InChI is InChI=1S/C12H9F3N2/c13-12(14,15)9-7-8(4-5-10(9)16)11-3-1-2-6-17-11/h1-7H,16H2. The number of aromatic nitrogens is 1. The fourth-order valence-corrected chi connectivity index (χ4v) is 1.49. The van der Waals surface area contributed by atoms with Crippen LogP contribution in [0.5, 0.6) is 0 Å². The van der Waals surface area contributed by atoms with Crippen molar-refractivity contribution in [1.29, 1.82) is 0 Å². The molecule has 0 bridgehead atoms. The molecule has 2 N–H and O–H groups in total. The highest BCUT2D eigenvalue weighted by atomic mass is 19.4. The van der Waals surface area contributed by atoms with E-state index in [9.17, 15) is 13.2 Å². The van der Waals surface area contributed by atoms with Crippen molar-refractivity contribution in [2.75, 3.05) is 5.73 Å². The van der Waals surface area contributed by atoms with Crippen molar-refractivity contribution >= 4 is 5.69 Å². The zero-order valence-corrected chi connectivity index (χ0v) is 8.70. The third-order valence-electron chi connectivity index (χ3n) is 2.32. The molecule has 0 amide bonds. The Hall–Kier alpha value is -2.04. The largest absolute Gasteiger partial charge is 0.418 e. The molecule has 0 saturated carbocycles. The van der Waals surface area contributed by atoms with E-state index in [-0.39, 0.29) is 5.69 Å². The molecule has 0 spiro atoms. The van der Waals surface area contributed by atoms with Gasteiger partial charge in [0.2, 0.25) is 0 Å². The summed E-state index contributed by atoms with van der Waals surface area (Å²) in [4.78, 5) is 3.99. The molecule has 0 radical (unpaired) electrons. The number of nitrogens with zero attached hydrogens (tertiary/aromatic N) is 1. The molecule has 0 aliphatic heterocycles. The molecule has 1 aromatic carbocycles. The molecule has 1 aromatic heterocycles. The number of nitrogen functional groups attached to an aromatic ring is 1. The van der Waals surface area contributed by atoms with Crippen LogP contribution < -0.4 is 5.73 Å². The van der Waals surface area contributed by atoms with E-state index in [1.165, 1.54) is 18.3 Å². The van der Waals surface area contributed by atoms with Crippen LogP contribution in [0.25, 0.3) is 11.3 Å². The molecule has 88 valence electrons. The number of hydrogen-bond donors (Lipinski definition) is 1. The van der Waals surface area contributed by atoms with Crippen LogP contribution in [0, 0.1) is 0 Å². The molecule has 0 atom stereocenters. The highest BCUT2D eigenvalue weighted by Crippen LogP contribution is 2.35. The van der Waals surface area contributed by atoms with Gasteiger partial charge >= 0.3 is 6.18 Å². The molecule has 2 rings (SSSR count). The lowest BCUT2D eigenvalue weighted by Crippen LogP contribution is -2.09. The Labute approximate surface area is 95.9 Å². The van der Waals surface area contributed by atoms with Crippen molar-refractivity contribution in [3.05, 3.63) is 48.2 Å². The van der Waals surface area contributed by atoms with E-state index in [4.69, 9.17) is 5.73 Å². The molecule has 0 unspecified atom stereocenters. The van der Waals surface area contributed by atoms with Gasteiger partial charge in [-0.1, -0.05) is 12.1 Å². The maximum absolute atomic E-state index is 12.6. The topological polar surface area (TPSA) is 38.9 Å². The number of halogens is 3. The van der Waals surface area contributed by atoms with Crippen LogP contribution in [0.3, 0.4) is 0 Å². The molecule has 0 aliphatic carbocycles. The lowest BCUT2D eigenvalue weighted by atomic mass is 10.1. The number of hydrogen-bond acceptors (Lipinski definition) is 2. The second kappa shape index (κ2) is 4.08. The first kappa shape index (κ1) is 11.4. The first-order valence-electron chi connectivity index (χ1n) is 4.86. The summed E-state index contributed by atoms with van der Waals surface area (Å²) < 4.78 is 37.9. The second-order valence-electron chi connectivity index (χ2n) is 3.51. The third kappa shape index (κ3) is 2.38. The number of pyridine rings is 1. The quantitative estimate of drug-likeness (QED) is 0.774. The van der Waals surface area contributed by atoms with Crippen LogP contribution in [0.1, 0.15) is 5.56 Å². The fourth-order valence-electron chi connectivity index (χ4n) is 1.49. The van der Waals surface area contributed by atoms with E-state index in [1.54, 1.807) is 18.2 Å². The zero-order valence-electron chi connectivity index (χ0n) is 8.70. The Bertz CT molecular complexity index is 521. The average molecular weight is 238 g/mol. The van der Waals surface area contributed by atoms with Gasteiger partial charge in [-0.05, 0) is 24.3 Å². The Balaban J connectivity index is 2.53. The van der Waals surface area contributed by atoms with Gasteiger partial charge in [0.25, 0.3) is 0 Å². The normalized spacial score (nSPS) is 11.5. The molecule has 17 heavy (non-hydrogen) atoms. The Morgan fingerprint density at radius 3 is 2.41 bits per heavy atom. The minimum absolute atomic E-state index is 0.280. The maximum Gasteiger partial charge on any atom is 0.418 e. The molecule has 5 heteroatoms. The van der Waals surface area contributed by atoms with Crippen LogP contribution >= 0.6 is 0 Å². The zero-order chi connectivity index (χ0) is 12.5. The highest BCUT2D eigenvalue weighted by molar-refractivity contribution is 5.65. The van der Waals surface area contributed by atoms with E-state index in [0.717, 1.165) is 6.07 Å². The third-order valence-corrected chi connectivity index (χ3v) is 2.32. The highest BCUT2D eigenvalue weighted by Gasteiger charge is 2.33. The maximum atomic E-state index is 12.6. The monoisotopic (exact) mass is 238 g/mol. The van der Waals surface area contributed by atoms with Gasteiger partial charge in [-0.15, -0.1) is 0 Å². The van der Waals surface area contributed by atoms with Gasteiger partial charge < -0.3 is 5.73 Å². The van der Waals surface area contributed by atoms with Gasteiger partial charge in [0, 0.05) is 17.4 Å². The Kier molecular flexibility index (Phi) is 2.75. The molecular weight excluding hydrogens is 229 g/mol. The van der Waals surface area contributed by atoms with Gasteiger partial charge in [0.1, 0.15) is 0 Å². The first-order chi connectivity index (χ1) is 7.98. The molecule has 0 fully saturated rings. The molecule has 0 saturated heterocycles. The summed E-state index contributed by atoms with van der Waals surface area (Å²) in [5.74, 6) is 0. The fraction of sp³-hybridized carbons (Fsp3) is 0.0833. The van der Waals surface area contributed by atoms with E-state index < -0.39 is 11.7 Å². The van der Waals surface area contributed by atoms with Gasteiger partial charge in [-0.2, -0.15) is 13.2 Å². The predicted octanol–water partition coefficient (Wildman–Crippen LogP) is 3.35. The number of nitrogens with two attached hydrogens (primary N) is 1. The van der Waals surface area contributed by atoms with Crippen molar-refractivity contribution in [2.45, 2.75) is 6.18 Å². The summed E-state index contributed by atoms with van der Waals surface area (Å²) >= 11 is 0. The minimum Gasteiger partial charge on any atom is -0.398 e. The van der Waals surface area contributed by atoms with Crippen molar-refractivity contribution in [2.24, 2.45) is 0 Å². The summed E-state index contributed by atoms with van der Waals surface area (Å²) in [6, 6.07) is 8.83. The smallest absolute Gasteiger partial charge is 0.398 e. The molecule has 0 aliphatic rings. The summed E-state index contributed by atoms with van der Waals surface area (Å²) in [7, 11) is 0. The molecule has 1 heterocycles. The minimum atomic E-state index is -4.45. The van der Waals surface area contributed by atoms with Crippen LogP contribution in [-0.4, -0.2) is 4.98 Å². The van der Waals surface area contributed by atoms with Gasteiger partial charge in [-0.25, -0.2) is 0 Å². The Morgan fingerprint density at radius 1 is 1.06 bits per heavy atom. The second-order valence-corrected chi connectivity index (χ2v) is 3.51. The number of anilines is 1. The first-order valence-corrected chi connectivity index (χ1v) is 4.86. The summed E-state index contributed by atoms with van der Waals surface area (Å²) in [6.45, 7) is 0. The van der Waals surface area contributed by atoms with E-state index in [2.05, 4.69) is 4.98 Å². The van der Waals surface area contributed by atoms with E-state index in [1.807, 2.05) is 0 Å². The van der Waals surface area contributed by atoms with Gasteiger partial charge in [0.15, 0.2) is 0 Å². The number of rotatable bonds is 1. The lowest BCUT2D eigenvalue weighted by molar-refractivity contribution is -0.136. The van der Waals surface area contributed by atoms with Crippen molar-refractivity contribution in [1.82, 2.24) is 4.98 Å². The van der Waals surface area contributed by atoms with Crippen LogP contribution in [0.2, 0.25) is 0 Å². The summed E-state index contributed by atoms with van der Waals surface area (Å²) in [5.41, 5.74) is 5.08. The molecule has 2 aromatic rings. The predicted molar refractivity (Wildman–Crippen MR) is 59.1 cm³/mol. The number of benzene rings is 1. The summed E-state index contributed by atoms with van der Waals surface area (Å²) in [5, 5.41) is 0. The molecular formula is C12H9F3N2. The average Bonchev–Trinajstić information content (AvgIpc) is 2.29. The van der Waals surface area contributed by atoms with Crippen LogP contribution in [0.4, 0.5) is 18.9 Å². The SMILES string of the molecule is Nc1ccc(-c2ccccn2)cc1C(F)(F)F.